The lowest BCUT2D eigenvalue weighted by Crippen LogP contribution is -2.18. The van der Waals surface area contributed by atoms with Crippen LogP contribution >= 0.6 is 11.3 Å². The smallest absolute Gasteiger partial charge is 0.243 e. The molecule has 1 heterocycles. The summed E-state index contributed by atoms with van der Waals surface area (Å²) in [7, 11) is 0. The number of hydrogen-bond acceptors (Lipinski definition) is 5. The zero-order valence-electron chi connectivity index (χ0n) is 13.5. The van der Waals surface area contributed by atoms with Gasteiger partial charge in [0.1, 0.15) is 6.61 Å². The molecule has 1 aromatic carbocycles. The zero-order chi connectivity index (χ0) is 16.8. The fourth-order valence-corrected chi connectivity index (χ4v) is 2.76. The highest BCUT2D eigenvalue weighted by Crippen LogP contribution is 2.30. The third-order valence-electron chi connectivity index (χ3n) is 3.55. The maximum atomic E-state index is 11.5. The van der Waals surface area contributed by atoms with Gasteiger partial charge >= 0.3 is 0 Å². The first kappa shape index (κ1) is 16.5. The van der Waals surface area contributed by atoms with Gasteiger partial charge in [0.15, 0.2) is 11.5 Å². The van der Waals surface area contributed by atoms with Gasteiger partial charge < -0.3 is 9.47 Å². The van der Waals surface area contributed by atoms with Crippen LogP contribution in [-0.4, -0.2) is 18.7 Å². The molecular formula is C18H20N2O3S. The van der Waals surface area contributed by atoms with E-state index >= 15 is 0 Å². The molecule has 1 aromatic heterocycles. The third kappa shape index (κ3) is 4.58. The van der Waals surface area contributed by atoms with Gasteiger partial charge in [-0.25, -0.2) is 5.43 Å². The Morgan fingerprint density at radius 2 is 2.21 bits per heavy atom. The van der Waals surface area contributed by atoms with Crippen molar-refractivity contribution >= 4 is 23.5 Å². The van der Waals surface area contributed by atoms with Gasteiger partial charge in [0, 0.05) is 10.8 Å². The van der Waals surface area contributed by atoms with Crippen molar-refractivity contribution in [2.45, 2.75) is 26.4 Å². The molecule has 24 heavy (non-hydrogen) atoms. The standard InChI is InChI=1S/C18H20N2O3S/c1-2-22-17-10-13(11-19-20-18(21)14-6-7-14)5-8-16(17)23-12-15-4-3-9-24-15/h3-5,8-11,14H,2,6-7,12H2,1H3,(H,20,21)/b19-11-. The molecule has 3 rings (SSSR count). The summed E-state index contributed by atoms with van der Waals surface area (Å²) in [6.07, 6.45) is 3.55. The van der Waals surface area contributed by atoms with Crippen LogP contribution in [0.3, 0.4) is 0 Å². The summed E-state index contributed by atoms with van der Waals surface area (Å²) in [4.78, 5) is 12.7. The van der Waals surface area contributed by atoms with Gasteiger partial charge in [-0.1, -0.05) is 6.07 Å². The topological polar surface area (TPSA) is 59.9 Å². The zero-order valence-corrected chi connectivity index (χ0v) is 14.3. The van der Waals surface area contributed by atoms with Crippen molar-refractivity contribution < 1.29 is 14.3 Å². The molecule has 0 aliphatic heterocycles. The van der Waals surface area contributed by atoms with Crippen LogP contribution in [0.15, 0.2) is 40.8 Å². The van der Waals surface area contributed by atoms with Crippen molar-refractivity contribution in [2.24, 2.45) is 11.0 Å². The third-order valence-corrected chi connectivity index (χ3v) is 4.40. The number of rotatable bonds is 8. The van der Waals surface area contributed by atoms with E-state index < -0.39 is 0 Å². The Morgan fingerprint density at radius 1 is 1.33 bits per heavy atom. The molecule has 126 valence electrons. The molecule has 1 saturated carbocycles. The SMILES string of the molecule is CCOc1cc(/C=N\NC(=O)C2CC2)ccc1OCc1cccs1. The van der Waals surface area contributed by atoms with E-state index in [0.717, 1.165) is 23.3 Å². The molecule has 1 amide bonds. The number of nitrogens with one attached hydrogen (secondary N) is 1. The second-order valence-electron chi connectivity index (χ2n) is 5.52. The molecule has 0 spiro atoms. The number of hydrazone groups is 1. The summed E-state index contributed by atoms with van der Waals surface area (Å²) in [5.74, 6) is 1.51. The summed E-state index contributed by atoms with van der Waals surface area (Å²) in [5, 5.41) is 6.03. The number of amides is 1. The Labute approximate surface area is 145 Å². The van der Waals surface area contributed by atoms with Gasteiger partial charge in [-0.3, -0.25) is 4.79 Å². The lowest BCUT2D eigenvalue weighted by molar-refractivity contribution is -0.122. The van der Waals surface area contributed by atoms with Crippen molar-refractivity contribution in [2.75, 3.05) is 6.61 Å². The van der Waals surface area contributed by atoms with E-state index in [1.807, 2.05) is 42.6 Å². The van der Waals surface area contributed by atoms with Gasteiger partial charge in [0.25, 0.3) is 0 Å². The molecular weight excluding hydrogens is 324 g/mol. The fourth-order valence-electron chi connectivity index (χ4n) is 2.14. The van der Waals surface area contributed by atoms with Gasteiger partial charge in [-0.2, -0.15) is 5.10 Å². The Balaban J connectivity index is 1.64. The quantitative estimate of drug-likeness (QED) is 0.588. The summed E-state index contributed by atoms with van der Waals surface area (Å²) >= 11 is 1.66. The molecule has 0 atom stereocenters. The molecule has 2 aromatic rings. The van der Waals surface area contributed by atoms with Crippen LogP contribution in [0.5, 0.6) is 11.5 Å². The highest BCUT2D eigenvalue weighted by molar-refractivity contribution is 7.09. The maximum Gasteiger partial charge on any atom is 0.243 e. The van der Waals surface area contributed by atoms with Crippen LogP contribution in [-0.2, 0) is 11.4 Å². The minimum atomic E-state index is -0.00724. The van der Waals surface area contributed by atoms with Gasteiger partial charge in [-0.15, -0.1) is 11.3 Å². The average molecular weight is 344 g/mol. The van der Waals surface area contributed by atoms with E-state index in [9.17, 15) is 4.79 Å². The first-order valence-electron chi connectivity index (χ1n) is 8.01. The largest absolute Gasteiger partial charge is 0.490 e. The molecule has 0 bridgehead atoms. The van der Waals surface area contributed by atoms with Gasteiger partial charge in [0.2, 0.25) is 5.91 Å². The molecule has 0 saturated heterocycles. The predicted octanol–water partition coefficient (Wildman–Crippen LogP) is 3.59. The average Bonchev–Trinajstić information content (AvgIpc) is 3.31. The van der Waals surface area contributed by atoms with Crippen LogP contribution in [0.4, 0.5) is 0 Å². The number of benzene rings is 1. The molecule has 1 aliphatic rings. The van der Waals surface area contributed by atoms with E-state index in [4.69, 9.17) is 9.47 Å². The molecule has 5 nitrogen and oxygen atoms in total. The lowest BCUT2D eigenvalue weighted by atomic mass is 10.2. The van der Waals surface area contributed by atoms with Crippen molar-refractivity contribution in [1.82, 2.24) is 5.43 Å². The second-order valence-corrected chi connectivity index (χ2v) is 6.55. The Hall–Kier alpha value is -2.34. The van der Waals surface area contributed by atoms with E-state index in [0.29, 0.717) is 24.7 Å². The Kier molecular flexibility index (Phi) is 5.48. The van der Waals surface area contributed by atoms with E-state index in [-0.39, 0.29) is 11.8 Å². The number of thiophene rings is 1. The number of hydrogen-bond donors (Lipinski definition) is 1. The van der Waals surface area contributed by atoms with Crippen molar-refractivity contribution in [3.05, 3.63) is 46.2 Å². The van der Waals surface area contributed by atoms with E-state index in [1.54, 1.807) is 17.6 Å². The minimum Gasteiger partial charge on any atom is -0.490 e. The first-order chi connectivity index (χ1) is 11.8. The molecule has 0 radical (unpaired) electrons. The summed E-state index contributed by atoms with van der Waals surface area (Å²) < 4.78 is 11.5. The number of carbonyl (C=O) groups excluding carboxylic acids is 1. The van der Waals surface area contributed by atoms with Crippen LogP contribution < -0.4 is 14.9 Å². The number of ether oxygens (including phenoxy) is 2. The molecule has 6 heteroatoms. The Bertz CT molecular complexity index is 709. The molecule has 1 fully saturated rings. The summed E-state index contributed by atoms with van der Waals surface area (Å²) in [6, 6.07) is 9.65. The summed E-state index contributed by atoms with van der Waals surface area (Å²) in [5.41, 5.74) is 3.41. The van der Waals surface area contributed by atoms with Gasteiger partial charge in [0.05, 0.1) is 12.8 Å². The monoisotopic (exact) mass is 344 g/mol. The predicted molar refractivity (Wildman–Crippen MR) is 94.7 cm³/mol. The number of carbonyl (C=O) groups is 1. The van der Waals surface area contributed by atoms with Crippen LogP contribution in [0.25, 0.3) is 0 Å². The first-order valence-corrected chi connectivity index (χ1v) is 8.89. The number of nitrogens with zero attached hydrogens (tertiary/aromatic N) is 1. The fraction of sp³-hybridized carbons (Fsp3) is 0.333. The van der Waals surface area contributed by atoms with Crippen molar-refractivity contribution in [3.63, 3.8) is 0 Å². The van der Waals surface area contributed by atoms with Crippen LogP contribution in [0.1, 0.15) is 30.2 Å². The second kappa shape index (κ2) is 7.97. The van der Waals surface area contributed by atoms with Crippen molar-refractivity contribution in [3.8, 4) is 11.5 Å². The van der Waals surface area contributed by atoms with Gasteiger partial charge in [-0.05, 0) is 55.0 Å². The summed E-state index contributed by atoms with van der Waals surface area (Å²) in [6.45, 7) is 3.00. The maximum absolute atomic E-state index is 11.5. The molecule has 0 unspecified atom stereocenters. The van der Waals surface area contributed by atoms with Crippen molar-refractivity contribution in [1.29, 1.82) is 0 Å². The lowest BCUT2D eigenvalue weighted by Gasteiger charge is -2.12. The van der Waals surface area contributed by atoms with Crippen LogP contribution in [0, 0.1) is 5.92 Å². The Morgan fingerprint density at radius 3 is 2.92 bits per heavy atom. The highest BCUT2D eigenvalue weighted by Gasteiger charge is 2.29. The van der Waals surface area contributed by atoms with E-state index in [1.165, 1.54) is 0 Å². The highest BCUT2D eigenvalue weighted by atomic mass is 32.1. The van der Waals surface area contributed by atoms with Crippen LogP contribution in [0.2, 0.25) is 0 Å². The normalized spacial score (nSPS) is 13.9. The van der Waals surface area contributed by atoms with E-state index in [2.05, 4.69) is 10.5 Å². The minimum absolute atomic E-state index is 0.00724. The molecule has 1 aliphatic carbocycles. The molecule has 1 N–H and O–H groups in total.